The molecule has 0 saturated heterocycles. The van der Waals surface area contributed by atoms with Crippen LogP contribution in [0.5, 0.6) is 0 Å². The van der Waals surface area contributed by atoms with Crippen LogP contribution in [0.4, 0.5) is 0 Å². The second-order valence-corrected chi connectivity index (χ2v) is 7.24. The predicted molar refractivity (Wildman–Crippen MR) is 89.6 cm³/mol. The van der Waals surface area contributed by atoms with E-state index >= 15 is 0 Å². The lowest BCUT2D eigenvalue weighted by Crippen LogP contribution is -2.56. The largest absolute Gasteiger partial charge is 0.480 e. The molecule has 1 aliphatic carbocycles. The number of carbonyl (C=O) groups excluding carboxylic acids is 1. The quantitative estimate of drug-likeness (QED) is 0.731. The van der Waals surface area contributed by atoms with Crippen molar-refractivity contribution in [2.75, 3.05) is 0 Å². The summed E-state index contributed by atoms with van der Waals surface area (Å²) in [6, 6.07) is 4.97. The van der Waals surface area contributed by atoms with Gasteiger partial charge in [-0.05, 0) is 59.5 Å². The van der Waals surface area contributed by atoms with Crippen LogP contribution in [-0.4, -0.2) is 22.5 Å². The van der Waals surface area contributed by atoms with Gasteiger partial charge in [-0.25, -0.2) is 4.79 Å². The molecule has 1 aromatic carbocycles. The molecule has 0 spiro atoms. The lowest BCUT2D eigenvalue weighted by Gasteiger charge is -2.37. The molecule has 2 atom stereocenters. The predicted octanol–water partition coefficient (Wildman–Crippen LogP) is 3.71. The van der Waals surface area contributed by atoms with Crippen molar-refractivity contribution < 1.29 is 14.7 Å². The standard InChI is InChI=1S/C15H17ClINO3/c1-9-3-2-6-15(8-9,14(20)21)18-13(19)10-4-5-12(17)11(16)7-10/h4-5,7,9H,2-3,6,8H2,1H3,(H,18,19)(H,20,21). The molecule has 2 rings (SSSR count). The second-order valence-electron chi connectivity index (χ2n) is 5.67. The average Bonchev–Trinajstić information content (AvgIpc) is 2.41. The van der Waals surface area contributed by atoms with E-state index < -0.39 is 11.5 Å². The van der Waals surface area contributed by atoms with Crippen molar-refractivity contribution in [3.8, 4) is 0 Å². The first-order chi connectivity index (χ1) is 9.84. The summed E-state index contributed by atoms with van der Waals surface area (Å²) in [6.07, 6.45) is 2.74. The number of halogens is 2. The Hall–Kier alpha value is -0.820. The highest BCUT2D eigenvalue weighted by molar-refractivity contribution is 14.1. The van der Waals surface area contributed by atoms with E-state index in [1.165, 1.54) is 0 Å². The van der Waals surface area contributed by atoms with Crippen LogP contribution in [0.2, 0.25) is 5.02 Å². The van der Waals surface area contributed by atoms with Gasteiger partial charge in [-0.1, -0.05) is 31.4 Å². The molecule has 0 heterocycles. The molecule has 2 N–H and O–H groups in total. The number of amides is 1. The number of nitrogens with one attached hydrogen (secondary N) is 1. The van der Waals surface area contributed by atoms with Gasteiger partial charge in [0.2, 0.25) is 0 Å². The van der Waals surface area contributed by atoms with Crippen LogP contribution in [0, 0.1) is 9.49 Å². The first-order valence-electron chi connectivity index (χ1n) is 6.85. The first-order valence-corrected chi connectivity index (χ1v) is 8.31. The van der Waals surface area contributed by atoms with E-state index in [1.54, 1.807) is 18.2 Å². The summed E-state index contributed by atoms with van der Waals surface area (Å²) in [5.74, 6) is -1.06. The highest BCUT2D eigenvalue weighted by atomic mass is 127. The molecule has 2 unspecified atom stereocenters. The average molecular weight is 422 g/mol. The van der Waals surface area contributed by atoms with Gasteiger partial charge in [0, 0.05) is 9.13 Å². The summed E-state index contributed by atoms with van der Waals surface area (Å²) < 4.78 is 0.852. The molecule has 1 aliphatic rings. The minimum atomic E-state index is -1.16. The number of carboxylic acid groups (broad SMARTS) is 1. The normalized spacial score (nSPS) is 25.4. The molecule has 1 fully saturated rings. The smallest absolute Gasteiger partial charge is 0.329 e. The third-order valence-corrected chi connectivity index (χ3v) is 5.51. The van der Waals surface area contributed by atoms with Gasteiger partial charge in [-0.15, -0.1) is 0 Å². The molecule has 0 aromatic heterocycles. The molecule has 114 valence electrons. The summed E-state index contributed by atoms with van der Waals surface area (Å²) in [4.78, 5) is 24.0. The lowest BCUT2D eigenvalue weighted by atomic mass is 9.76. The number of benzene rings is 1. The Bertz CT molecular complexity index is 578. The van der Waals surface area contributed by atoms with Crippen molar-refractivity contribution in [1.82, 2.24) is 5.32 Å². The van der Waals surface area contributed by atoms with Crippen molar-refractivity contribution in [3.63, 3.8) is 0 Å². The lowest BCUT2D eigenvalue weighted by molar-refractivity contribution is -0.146. The third-order valence-electron chi connectivity index (χ3n) is 3.94. The van der Waals surface area contributed by atoms with Crippen LogP contribution < -0.4 is 5.32 Å². The van der Waals surface area contributed by atoms with E-state index in [0.29, 0.717) is 23.4 Å². The maximum atomic E-state index is 12.4. The fraction of sp³-hybridized carbons (Fsp3) is 0.467. The van der Waals surface area contributed by atoms with Gasteiger partial charge in [-0.2, -0.15) is 0 Å². The molecule has 0 radical (unpaired) electrons. The highest BCUT2D eigenvalue weighted by Gasteiger charge is 2.43. The third kappa shape index (κ3) is 3.69. The number of hydrogen-bond donors (Lipinski definition) is 2. The molecule has 0 bridgehead atoms. The van der Waals surface area contributed by atoms with Crippen LogP contribution in [0.1, 0.15) is 43.0 Å². The number of rotatable bonds is 3. The molecule has 6 heteroatoms. The van der Waals surface area contributed by atoms with Gasteiger partial charge >= 0.3 is 5.97 Å². The van der Waals surface area contributed by atoms with Gasteiger partial charge < -0.3 is 10.4 Å². The number of carboxylic acids is 1. The van der Waals surface area contributed by atoms with Crippen LogP contribution >= 0.6 is 34.2 Å². The minimum Gasteiger partial charge on any atom is -0.480 e. The van der Waals surface area contributed by atoms with Crippen LogP contribution in [0.25, 0.3) is 0 Å². The molecule has 1 saturated carbocycles. The van der Waals surface area contributed by atoms with Gasteiger partial charge in [0.05, 0.1) is 5.02 Å². The van der Waals surface area contributed by atoms with Crippen molar-refractivity contribution in [2.45, 2.75) is 38.1 Å². The Kier molecular flexibility index (Phi) is 5.14. The van der Waals surface area contributed by atoms with Gasteiger partial charge in [-0.3, -0.25) is 4.79 Å². The summed E-state index contributed by atoms with van der Waals surface area (Å²) in [5, 5.41) is 12.8. The number of carbonyl (C=O) groups is 2. The Balaban J connectivity index is 2.22. The van der Waals surface area contributed by atoms with E-state index in [2.05, 4.69) is 27.9 Å². The Morgan fingerprint density at radius 1 is 1.48 bits per heavy atom. The van der Waals surface area contributed by atoms with Gasteiger partial charge in [0.1, 0.15) is 5.54 Å². The van der Waals surface area contributed by atoms with Gasteiger partial charge in [0.25, 0.3) is 5.91 Å². The minimum absolute atomic E-state index is 0.287. The van der Waals surface area contributed by atoms with E-state index in [9.17, 15) is 14.7 Å². The van der Waals surface area contributed by atoms with Crippen LogP contribution in [-0.2, 0) is 4.79 Å². The molecular weight excluding hydrogens is 405 g/mol. The van der Waals surface area contributed by atoms with Crippen molar-refractivity contribution in [3.05, 3.63) is 32.4 Å². The van der Waals surface area contributed by atoms with Crippen molar-refractivity contribution in [2.24, 2.45) is 5.92 Å². The highest BCUT2D eigenvalue weighted by Crippen LogP contribution is 2.33. The van der Waals surface area contributed by atoms with Crippen LogP contribution in [0.3, 0.4) is 0 Å². The molecular formula is C15H17ClINO3. The second kappa shape index (κ2) is 6.52. The fourth-order valence-electron chi connectivity index (χ4n) is 2.84. The molecule has 21 heavy (non-hydrogen) atoms. The molecule has 4 nitrogen and oxygen atoms in total. The maximum absolute atomic E-state index is 12.4. The summed E-state index contributed by atoms with van der Waals surface area (Å²) in [7, 11) is 0. The van der Waals surface area contributed by atoms with E-state index in [0.717, 1.165) is 16.4 Å². The zero-order valence-corrected chi connectivity index (χ0v) is 14.6. The molecule has 1 aromatic rings. The first kappa shape index (κ1) is 16.5. The zero-order chi connectivity index (χ0) is 15.6. The Morgan fingerprint density at radius 3 is 2.76 bits per heavy atom. The summed E-state index contributed by atoms with van der Waals surface area (Å²) >= 11 is 8.10. The SMILES string of the molecule is CC1CCCC(NC(=O)c2ccc(I)c(Cl)c2)(C(=O)O)C1. The summed E-state index contributed by atoms with van der Waals surface area (Å²) in [5.41, 5.74) is -0.774. The fourth-order valence-corrected chi connectivity index (χ4v) is 3.36. The maximum Gasteiger partial charge on any atom is 0.329 e. The van der Waals surface area contributed by atoms with E-state index in [-0.39, 0.29) is 11.8 Å². The molecule has 1 amide bonds. The Labute approximate surface area is 142 Å². The van der Waals surface area contributed by atoms with E-state index in [4.69, 9.17) is 11.6 Å². The van der Waals surface area contributed by atoms with Crippen LogP contribution in [0.15, 0.2) is 18.2 Å². The summed E-state index contributed by atoms with van der Waals surface area (Å²) in [6.45, 7) is 2.02. The van der Waals surface area contributed by atoms with Crippen molar-refractivity contribution >= 4 is 46.1 Å². The monoisotopic (exact) mass is 421 g/mol. The van der Waals surface area contributed by atoms with Gasteiger partial charge in [0.15, 0.2) is 0 Å². The topological polar surface area (TPSA) is 66.4 Å². The number of hydrogen-bond acceptors (Lipinski definition) is 2. The van der Waals surface area contributed by atoms with E-state index in [1.807, 2.05) is 6.92 Å². The number of aliphatic carboxylic acids is 1. The van der Waals surface area contributed by atoms with Crippen molar-refractivity contribution in [1.29, 1.82) is 0 Å². The zero-order valence-electron chi connectivity index (χ0n) is 11.7. The Morgan fingerprint density at radius 2 is 2.19 bits per heavy atom. The molecule has 0 aliphatic heterocycles.